The van der Waals surface area contributed by atoms with Crippen LogP contribution in [0.5, 0.6) is 0 Å². The maximum atomic E-state index is 6.55. The Morgan fingerprint density at radius 3 is 2.70 bits per heavy atom. The van der Waals surface area contributed by atoms with Crippen LogP contribution >= 0.6 is 0 Å². The van der Waals surface area contributed by atoms with Crippen molar-refractivity contribution in [2.24, 2.45) is 16.8 Å². The standard InChI is InChI=1S/C5H13N5/c1-4(2)5(7)9-10-8-3-6/h3-4,10H,1-2H3,(H2,6,8)(H2,7,9). The highest BCUT2D eigenvalue weighted by Gasteiger charge is 1.96. The number of nitrogens with one attached hydrogen (secondary N) is 3. The zero-order chi connectivity index (χ0) is 7.98. The van der Waals surface area contributed by atoms with Gasteiger partial charge < -0.3 is 5.73 Å². The normalized spacial score (nSPS) is 11.3. The van der Waals surface area contributed by atoms with Crippen LogP contribution < -0.4 is 16.7 Å². The van der Waals surface area contributed by atoms with Gasteiger partial charge in [-0.1, -0.05) is 13.8 Å². The zero-order valence-corrected chi connectivity index (χ0v) is 6.18. The first kappa shape index (κ1) is 8.74. The second-order valence-electron chi connectivity index (χ2n) is 2.09. The Bertz CT molecular complexity index is 128. The number of amidine groups is 1. The van der Waals surface area contributed by atoms with Crippen molar-refractivity contribution >= 4 is 12.2 Å². The first-order chi connectivity index (χ1) is 4.68. The molecule has 0 fully saturated rings. The zero-order valence-electron chi connectivity index (χ0n) is 6.18. The van der Waals surface area contributed by atoms with Crippen LogP contribution in [0.1, 0.15) is 13.8 Å². The Morgan fingerprint density at radius 1 is 1.70 bits per heavy atom. The average molecular weight is 143 g/mol. The molecule has 0 amide bonds. The largest absolute Gasteiger partial charge is 0.385 e. The van der Waals surface area contributed by atoms with Crippen molar-refractivity contribution in [2.75, 3.05) is 0 Å². The highest BCUT2D eigenvalue weighted by Crippen LogP contribution is 1.88. The van der Waals surface area contributed by atoms with Gasteiger partial charge in [-0.2, -0.15) is 0 Å². The van der Waals surface area contributed by atoms with Crippen LogP contribution in [0.25, 0.3) is 0 Å². The molecular formula is C5H13N5. The lowest BCUT2D eigenvalue weighted by Crippen LogP contribution is -2.30. The molecule has 5 nitrogen and oxygen atoms in total. The summed E-state index contributed by atoms with van der Waals surface area (Å²) in [4.78, 5) is 0. The molecule has 0 aliphatic heterocycles. The predicted molar refractivity (Wildman–Crippen MR) is 41.5 cm³/mol. The molecule has 5 heteroatoms. The van der Waals surface area contributed by atoms with Gasteiger partial charge in [0.2, 0.25) is 0 Å². The molecule has 58 valence electrons. The molecule has 0 saturated carbocycles. The summed E-state index contributed by atoms with van der Waals surface area (Å²) in [6.45, 7) is 3.87. The summed E-state index contributed by atoms with van der Waals surface area (Å²) in [5.41, 5.74) is 10.2. The first-order valence-corrected chi connectivity index (χ1v) is 3.01. The van der Waals surface area contributed by atoms with Gasteiger partial charge in [0.15, 0.2) is 0 Å². The first-order valence-electron chi connectivity index (χ1n) is 3.01. The third-order valence-corrected chi connectivity index (χ3v) is 0.913. The smallest absolute Gasteiger partial charge is 0.124 e. The summed E-state index contributed by atoms with van der Waals surface area (Å²) in [5.74, 6) is 0.731. The summed E-state index contributed by atoms with van der Waals surface area (Å²) >= 11 is 0. The fourth-order valence-electron chi connectivity index (χ4n) is 0.258. The SMILES string of the molecule is CC(C)/C(N)=N/NNC=N. The fraction of sp³-hybridized carbons (Fsp3) is 0.600. The molecule has 10 heavy (non-hydrogen) atoms. The molecule has 0 bridgehead atoms. The average Bonchev–Trinajstić information content (AvgIpc) is 1.88. The van der Waals surface area contributed by atoms with Crippen molar-refractivity contribution in [3.8, 4) is 0 Å². The van der Waals surface area contributed by atoms with Gasteiger partial charge in [-0.05, 0) is 0 Å². The van der Waals surface area contributed by atoms with Crippen LogP contribution in [-0.2, 0) is 0 Å². The van der Waals surface area contributed by atoms with Gasteiger partial charge in [0.25, 0.3) is 0 Å². The molecule has 0 rings (SSSR count). The Labute approximate surface area is 60.2 Å². The fourth-order valence-corrected chi connectivity index (χ4v) is 0.258. The molecule has 0 aromatic carbocycles. The molecule has 0 aliphatic rings. The highest BCUT2D eigenvalue weighted by molar-refractivity contribution is 5.81. The molecule has 0 spiro atoms. The lowest BCUT2D eigenvalue weighted by molar-refractivity contribution is 0.691. The monoisotopic (exact) mass is 143 g/mol. The number of hydrogen-bond acceptors (Lipinski definition) is 3. The molecule has 0 aromatic heterocycles. The van der Waals surface area contributed by atoms with Gasteiger partial charge in [0, 0.05) is 5.92 Å². The number of rotatable bonds is 4. The second kappa shape index (κ2) is 4.60. The van der Waals surface area contributed by atoms with E-state index in [1.807, 2.05) is 13.8 Å². The van der Waals surface area contributed by atoms with Gasteiger partial charge in [-0.25, -0.2) is 5.53 Å². The van der Waals surface area contributed by atoms with Crippen molar-refractivity contribution in [2.45, 2.75) is 13.8 Å². The van der Waals surface area contributed by atoms with E-state index in [9.17, 15) is 0 Å². The van der Waals surface area contributed by atoms with E-state index in [4.69, 9.17) is 11.1 Å². The van der Waals surface area contributed by atoms with Gasteiger partial charge in [0.1, 0.15) is 5.84 Å². The van der Waals surface area contributed by atoms with E-state index >= 15 is 0 Å². The van der Waals surface area contributed by atoms with Crippen LogP contribution in [0.4, 0.5) is 0 Å². The molecule has 0 radical (unpaired) electrons. The lowest BCUT2D eigenvalue weighted by atomic mass is 10.2. The van der Waals surface area contributed by atoms with E-state index < -0.39 is 0 Å². The van der Waals surface area contributed by atoms with Crippen molar-refractivity contribution in [1.82, 2.24) is 11.0 Å². The van der Waals surface area contributed by atoms with Crippen LogP contribution in [0.3, 0.4) is 0 Å². The molecule has 0 aromatic rings. The maximum Gasteiger partial charge on any atom is 0.124 e. The quantitative estimate of drug-likeness (QED) is 0.187. The van der Waals surface area contributed by atoms with Crippen molar-refractivity contribution in [3.05, 3.63) is 0 Å². The Balaban J connectivity index is 3.57. The molecule has 0 heterocycles. The summed E-state index contributed by atoms with van der Waals surface area (Å²) in [6.07, 6.45) is 0.983. The number of nitrogens with two attached hydrogens (primary N) is 1. The van der Waals surface area contributed by atoms with Crippen LogP contribution in [0.15, 0.2) is 5.10 Å². The van der Waals surface area contributed by atoms with Crippen LogP contribution in [-0.4, -0.2) is 12.2 Å². The number of nitrogens with zero attached hydrogens (tertiary/aromatic N) is 1. The molecular weight excluding hydrogens is 130 g/mol. The molecule has 0 aliphatic carbocycles. The van der Waals surface area contributed by atoms with Crippen molar-refractivity contribution in [3.63, 3.8) is 0 Å². The number of hydrogen-bond donors (Lipinski definition) is 4. The van der Waals surface area contributed by atoms with Gasteiger partial charge in [-0.15, -0.1) is 5.10 Å². The molecule has 0 saturated heterocycles. The van der Waals surface area contributed by atoms with Crippen molar-refractivity contribution < 1.29 is 0 Å². The summed E-state index contributed by atoms with van der Waals surface area (Å²) in [7, 11) is 0. The van der Waals surface area contributed by atoms with Crippen LogP contribution in [0.2, 0.25) is 0 Å². The third kappa shape index (κ3) is 3.71. The minimum Gasteiger partial charge on any atom is -0.385 e. The summed E-state index contributed by atoms with van der Waals surface area (Å²) in [5, 5.41) is 10.2. The molecule has 0 atom stereocenters. The van der Waals surface area contributed by atoms with Gasteiger partial charge in [0.05, 0.1) is 6.34 Å². The van der Waals surface area contributed by atoms with E-state index in [1.54, 1.807) is 0 Å². The molecule has 0 unspecified atom stereocenters. The van der Waals surface area contributed by atoms with E-state index in [1.165, 1.54) is 0 Å². The number of hydrazine groups is 1. The van der Waals surface area contributed by atoms with Crippen molar-refractivity contribution in [1.29, 1.82) is 5.41 Å². The minimum absolute atomic E-state index is 0.222. The third-order valence-electron chi connectivity index (χ3n) is 0.913. The van der Waals surface area contributed by atoms with E-state index in [0.29, 0.717) is 5.84 Å². The lowest BCUT2D eigenvalue weighted by Gasteiger charge is -2.03. The summed E-state index contributed by atoms with van der Waals surface area (Å²) in [6, 6.07) is 0. The second-order valence-corrected chi connectivity index (χ2v) is 2.09. The Kier molecular flexibility index (Phi) is 4.02. The minimum atomic E-state index is 0.222. The summed E-state index contributed by atoms with van der Waals surface area (Å²) < 4.78 is 0. The number of hydrazone groups is 1. The van der Waals surface area contributed by atoms with Crippen LogP contribution in [0, 0.1) is 11.3 Å². The predicted octanol–water partition coefficient (Wildman–Crippen LogP) is -0.384. The van der Waals surface area contributed by atoms with Gasteiger partial charge in [-0.3, -0.25) is 10.8 Å². The Hall–Kier alpha value is -1.26. The van der Waals surface area contributed by atoms with E-state index in [2.05, 4.69) is 16.1 Å². The highest BCUT2D eigenvalue weighted by atomic mass is 15.6. The Morgan fingerprint density at radius 2 is 2.30 bits per heavy atom. The topological polar surface area (TPSA) is 86.3 Å². The maximum absolute atomic E-state index is 6.55. The van der Waals surface area contributed by atoms with Gasteiger partial charge >= 0.3 is 0 Å². The molecule has 5 N–H and O–H groups in total. The van der Waals surface area contributed by atoms with E-state index in [0.717, 1.165) is 6.34 Å². The van der Waals surface area contributed by atoms with E-state index in [-0.39, 0.29) is 5.92 Å².